The molecule has 2 aromatic heterocycles. The van der Waals surface area contributed by atoms with Gasteiger partial charge in [0.1, 0.15) is 6.61 Å². The van der Waals surface area contributed by atoms with Crippen LogP contribution >= 0.6 is 0 Å². The number of hydrogen-bond acceptors (Lipinski definition) is 6. The van der Waals surface area contributed by atoms with Crippen molar-refractivity contribution in [3.63, 3.8) is 0 Å². The topological polar surface area (TPSA) is 54.4 Å². The van der Waals surface area contributed by atoms with Gasteiger partial charge in [-0.1, -0.05) is 6.07 Å². The number of likely N-dealkylation sites (tertiary alicyclic amines) is 1. The molecule has 0 saturated carbocycles. The Labute approximate surface area is 149 Å². The second kappa shape index (κ2) is 8.99. The maximum atomic E-state index is 5.09. The van der Waals surface area contributed by atoms with E-state index in [2.05, 4.69) is 37.9 Å². The molecule has 6 nitrogen and oxygen atoms in total. The van der Waals surface area contributed by atoms with Gasteiger partial charge in [-0.15, -0.1) is 0 Å². The smallest absolute Gasteiger partial charge is 0.153 e. The summed E-state index contributed by atoms with van der Waals surface area (Å²) in [6.45, 7) is 4.52. The largest absolute Gasteiger partial charge is 0.377 e. The second-order valence-corrected chi connectivity index (χ2v) is 6.74. The minimum absolute atomic E-state index is 0.453. The zero-order valence-corrected chi connectivity index (χ0v) is 15.1. The second-order valence-electron chi connectivity index (χ2n) is 6.74. The van der Waals surface area contributed by atoms with Crippen molar-refractivity contribution >= 4 is 0 Å². The molecule has 0 radical (unpaired) electrons. The van der Waals surface area contributed by atoms with Crippen LogP contribution in [0.4, 0.5) is 0 Å². The Balaban J connectivity index is 1.71. The molecular formula is C19H27N5O. The summed E-state index contributed by atoms with van der Waals surface area (Å²) in [6, 6.07) is 4.73. The molecule has 0 atom stereocenters. The number of rotatable bonds is 7. The molecule has 0 aromatic carbocycles. The molecule has 0 unspecified atom stereocenters. The molecule has 0 amide bonds. The highest BCUT2D eigenvalue weighted by Gasteiger charge is 2.23. The van der Waals surface area contributed by atoms with Crippen LogP contribution in [0.15, 0.2) is 36.9 Å². The standard InChI is InChI=1S/C19H27N5O/c1-23-8-5-18(6-9-23)24(13-16-4-3-7-20-10-16)14-17-11-21-19(15-25-2)22-12-17/h3-4,7,10-12,18H,5-6,8-9,13-15H2,1-2H3. The van der Waals surface area contributed by atoms with E-state index in [-0.39, 0.29) is 0 Å². The first-order valence-electron chi connectivity index (χ1n) is 8.85. The number of pyridine rings is 1. The third-order valence-electron chi connectivity index (χ3n) is 4.73. The monoisotopic (exact) mass is 341 g/mol. The fourth-order valence-corrected chi connectivity index (χ4v) is 3.30. The van der Waals surface area contributed by atoms with E-state index in [1.165, 1.54) is 18.4 Å². The van der Waals surface area contributed by atoms with Crippen molar-refractivity contribution in [2.24, 2.45) is 0 Å². The quantitative estimate of drug-likeness (QED) is 0.769. The van der Waals surface area contributed by atoms with Gasteiger partial charge < -0.3 is 9.64 Å². The van der Waals surface area contributed by atoms with E-state index in [0.29, 0.717) is 12.6 Å². The lowest BCUT2D eigenvalue weighted by molar-refractivity contribution is 0.107. The Morgan fingerprint density at radius 1 is 1.12 bits per heavy atom. The predicted octanol–water partition coefficient (Wildman–Crippen LogP) is 2.11. The van der Waals surface area contributed by atoms with Gasteiger partial charge in [0, 0.05) is 56.6 Å². The van der Waals surface area contributed by atoms with Crippen molar-refractivity contribution in [2.75, 3.05) is 27.2 Å². The average Bonchev–Trinajstić information content (AvgIpc) is 2.64. The molecule has 0 aliphatic carbocycles. The molecule has 0 N–H and O–H groups in total. The molecule has 1 saturated heterocycles. The van der Waals surface area contributed by atoms with Crippen LogP contribution in [0, 0.1) is 0 Å². The SMILES string of the molecule is COCc1ncc(CN(Cc2cccnc2)C2CCN(C)CC2)cn1. The van der Waals surface area contributed by atoms with Gasteiger partial charge in [0.2, 0.25) is 0 Å². The minimum Gasteiger partial charge on any atom is -0.377 e. The summed E-state index contributed by atoms with van der Waals surface area (Å²) in [5.41, 5.74) is 2.39. The van der Waals surface area contributed by atoms with E-state index in [9.17, 15) is 0 Å². The van der Waals surface area contributed by atoms with Crippen LogP contribution in [-0.2, 0) is 24.4 Å². The summed E-state index contributed by atoms with van der Waals surface area (Å²) in [6.07, 6.45) is 10.0. The first-order chi connectivity index (χ1) is 12.2. The highest BCUT2D eigenvalue weighted by molar-refractivity contribution is 5.10. The van der Waals surface area contributed by atoms with E-state index in [1.807, 2.05) is 30.9 Å². The van der Waals surface area contributed by atoms with Crippen LogP contribution in [0.1, 0.15) is 29.8 Å². The molecule has 1 aliphatic rings. The normalized spacial score (nSPS) is 16.4. The lowest BCUT2D eigenvalue weighted by Crippen LogP contribution is -2.43. The molecule has 3 heterocycles. The molecule has 0 bridgehead atoms. The van der Waals surface area contributed by atoms with Crippen LogP contribution in [0.3, 0.4) is 0 Å². The third-order valence-corrected chi connectivity index (χ3v) is 4.73. The van der Waals surface area contributed by atoms with Crippen LogP contribution in [0.5, 0.6) is 0 Å². The molecule has 2 aromatic rings. The fourth-order valence-electron chi connectivity index (χ4n) is 3.30. The summed E-state index contributed by atoms with van der Waals surface area (Å²) >= 11 is 0. The maximum absolute atomic E-state index is 5.09. The van der Waals surface area contributed by atoms with E-state index < -0.39 is 0 Å². The molecule has 6 heteroatoms. The zero-order chi connectivity index (χ0) is 17.5. The Morgan fingerprint density at radius 3 is 2.48 bits per heavy atom. The predicted molar refractivity (Wildman–Crippen MR) is 96.7 cm³/mol. The van der Waals surface area contributed by atoms with Crippen molar-refractivity contribution in [3.05, 3.63) is 53.9 Å². The zero-order valence-electron chi connectivity index (χ0n) is 15.1. The van der Waals surface area contributed by atoms with Gasteiger partial charge in [-0.25, -0.2) is 9.97 Å². The van der Waals surface area contributed by atoms with Crippen molar-refractivity contribution in [1.82, 2.24) is 24.8 Å². The molecule has 25 heavy (non-hydrogen) atoms. The van der Waals surface area contributed by atoms with Gasteiger partial charge in [0.15, 0.2) is 5.82 Å². The van der Waals surface area contributed by atoms with Crippen LogP contribution in [0.2, 0.25) is 0 Å². The lowest BCUT2D eigenvalue weighted by Gasteiger charge is -2.37. The minimum atomic E-state index is 0.453. The van der Waals surface area contributed by atoms with Crippen LogP contribution in [0.25, 0.3) is 0 Å². The average molecular weight is 341 g/mol. The first-order valence-corrected chi connectivity index (χ1v) is 8.85. The molecule has 1 aliphatic heterocycles. The lowest BCUT2D eigenvalue weighted by atomic mass is 10.0. The van der Waals surface area contributed by atoms with Crippen molar-refractivity contribution in [2.45, 2.75) is 38.6 Å². The maximum Gasteiger partial charge on any atom is 0.153 e. The number of piperidine rings is 1. The number of methoxy groups -OCH3 is 1. The van der Waals surface area contributed by atoms with Gasteiger partial charge in [-0.3, -0.25) is 9.88 Å². The van der Waals surface area contributed by atoms with E-state index in [1.54, 1.807) is 7.11 Å². The number of hydrogen-bond donors (Lipinski definition) is 0. The van der Waals surface area contributed by atoms with Gasteiger partial charge in [0.05, 0.1) is 0 Å². The van der Waals surface area contributed by atoms with Crippen molar-refractivity contribution < 1.29 is 4.74 Å². The van der Waals surface area contributed by atoms with Crippen molar-refractivity contribution in [3.8, 4) is 0 Å². The van der Waals surface area contributed by atoms with Crippen LogP contribution < -0.4 is 0 Å². The van der Waals surface area contributed by atoms with Gasteiger partial charge in [-0.2, -0.15) is 0 Å². The highest BCUT2D eigenvalue weighted by Crippen LogP contribution is 2.20. The fraction of sp³-hybridized carbons (Fsp3) is 0.526. The van der Waals surface area contributed by atoms with Crippen LogP contribution in [-0.4, -0.2) is 58.0 Å². The van der Waals surface area contributed by atoms with Gasteiger partial charge >= 0.3 is 0 Å². The summed E-state index contributed by atoms with van der Waals surface area (Å²) < 4.78 is 5.09. The Bertz CT molecular complexity index is 626. The number of aromatic nitrogens is 3. The van der Waals surface area contributed by atoms with E-state index in [4.69, 9.17) is 4.74 Å². The number of nitrogens with zero attached hydrogens (tertiary/aromatic N) is 5. The summed E-state index contributed by atoms with van der Waals surface area (Å²) in [7, 11) is 3.86. The van der Waals surface area contributed by atoms with E-state index >= 15 is 0 Å². The van der Waals surface area contributed by atoms with E-state index in [0.717, 1.165) is 37.6 Å². The van der Waals surface area contributed by atoms with Gasteiger partial charge in [-0.05, 0) is 44.6 Å². The van der Waals surface area contributed by atoms with Crippen molar-refractivity contribution in [1.29, 1.82) is 0 Å². The molecule has 3 rings (SSSR count). The molecule has 0 spiro atoms. The Hall–Kier alpha value is -1.89. The summed E-state index contributed by atoms with van der Waals surface area (Å²) in [4.78, 5) is 18.0. The Kier molecular flexibility index (Phi) is 6.44. The first kappa shape index (κ1) is 17.9. The highest BCUT2D eigenvalue weighted by atomic mass is 16.5. The van der Waals surface area contributed by atoms with Gasteiger partial charge in [0.25, 0.3) is 0 Å². The molecular weight excluding hydrogens is 314 g/mol. The Morgan fingerprint density at radius 2 is 1.84 bits per heavy atom. The number of ether oxygens (including phenoxy) is 1. The molecule has 134 valence electrons. The third kappa shape index (κ3) is 5.29. The summed E-state index contributed by atoms with van der Waals surface area (Å²) in [5, 5.41) is 0. The summed E-state index contributed by atoms with van der Waals surface area (Å²) in [5.74, 6) is 0.726. The molecule has 1 fully saturated rings.